The summed E-state index contributed by atoms with van der Waals surface area (Å²) in [7, 11) is 0. The van der Waals surface area contributed by atoms with Gasteiger partial charge in [-0.25, -0.2) is 0 Å². The molecule has 1 fully saturated rings. The Kier molecular flexibility index (Phi) is 5.11. The average Bonchev–Trinajstić information content (AvgIpc) is 2.15. The van der Waals surface area contributed by atoms with Crippen LogP contribution in [0.2, 0.25) is 0 Å². The lowest BCUT2D eigenvalue weighted by atomic mass is 9.66. The highest BCUT2D eigenvalue weighted by Gasteiger charge is 2.40. The zero-order valence-corrected chi connectivity index (χ0v) is 11.1. The maximum Gasteiger partial charge on any atom is 0.00228 e. The fourth-order valence-electron chi connectivity index (χ4n) is 2.75. The maximum absolute atomic E-state index is 3.47. The third kappa shape index (κ3) is 3.21. The molecule has 1 heterocycles. The summed E-state index contributed by atoms with van der Waals surface area (Å²) in [5.74, 6) is 1.81. The molecule has 0 aromatic heterocycles. The molecular formula is C14H29N. The monoisotopic (exact) mass is 211 g/mol. The minimum Gasteiger partial charge on any atom is -0.316 e. The minimum atomic E-state index is 0.633. The summed E-state index contributed by atoms with van der Waals surface area (Å²) < 4.78 is 0. The van der Waals surface area contributed by atoms with Gasteiger partial charge in [-0.1, -0.05) is 53.4 Å². The Hall–Kier alpha value is -0.0400. The molecule has 0 spiro atoms. The Balaban J connectivity index is 2.41. The van der Waals surface area contributed by atoms with E-state index in [2.05, 4.69) is 33.0 Å². The van der Waals surface area contributed by atoms with E-state index in [0.717, 1.165) is 11.8 Å². The molecule has 1 rings (SSSR count). The van der Waals surface area contributed by atoms with E-state index in [0.29, 0.717) is 5.41 Å². The first kappa shape index (κ1) is 13.0. The average molecular weight is 211 g/mol. The van der Waals surface area contributed by atoms with Crippen LogP contribution in [-0.2, 0) is 0 Å². The van der Waals surface area contributed by atoms with Crippen molar-refractivity contribution in [1.29, 1.82) is 0 Å². The largest absolute Gasteiger partial charge is 0.316 e. The molecule has 90 valence electrons. The second-order valence-electron chi connectivity index (χ2n) is 5.74. The van der Waals surface area contributed by atoms with Gasteiger partial charge in [-0.2, -0.15) is 0 Å². The van der Waals surface area contributed by atoms with Gasteiger partial charge >= 0.3 is 0 Å². The lowest BCUT2D eigenvalue weighted by molar-refractivity contribution is 0.0613. The van der Waals surface area contributed by atoms with Crippen molar-refractivity contribution in [2.45, 2.75) is 59.8 Å². The van der Waals surface area contributed by atoms with E-state index in [-0.39, 0.29) is 0 Å². The summed E-state index contributed by atoms with van der Waals surface area (Å²) in [6.07, 6.45) is 7.04. The molecule has 0 amide bonds. The predicted molar refractivity (Wildman–Crippen MR) is 68.1 cm³/mol. The van der Waals surface area contributed by atoms with Crippen LogP contribution in [0.4, 0.5) is 0 Å². The molecule has 1 aliphatic heterocycles. The van der Waals surface area contributed by atoms with Crippen molar-refractivity contribution >= 4 is 0 Å². The number of hydrogen-bond acceptors (Lipinski definition) is 1. The Labute approximate surface area is 96.0 Å². The lowest BCUT2D eigenvalue weighted by Gasteiger charge is -2.48. The molecule has 0 bridgehead atoms. The standard InChI is InChI=1S/C14H29N/c1-5-7-8-13(6-2)9-14(12(3)4)10-15-11-14/h12-13,15H,5-11H2,1-4H3. The van der Waals surface area contributed by atoms with Crippen molar-refractivity contribution < 1.29 is 0 Å². The third-order valence-corrected chi connectivity index (χ3v) is 4.42. The van der Waals surface area contributed by atoms with E-state index >= 15 is 0 Å². The van der Waals surface area contributed by atoms with Crippen LogP contribution in [0.25, 0.3) is 0 Å². The van der Waals surface area contributed by atoms with Gasteiger partial charge in [-0.3, -0.25) is 0 Å². The quantitative estimate of drug-likeness (QED) is 0.674. The number of hydrogen-bond donors (Lipinski definition) is 1. The molecule has 1 nitrogen and oxygen atoms in total. The number of rotatable bonds is 7. The maximum atomic E-state index is 3.47. The van der Waals surface area contributed by atoms with Crippen molar-refractivity contribution in [1.82, 2.24) is 5.32 Å². The van der Waals surface area contributed by atoms with E-state index < -0.39 is 0 Å². The predicted octanol–water partition coefficient (Wildman–Crippen LogP) is 3.84. The zero-order valence-electron chi connectivity index (χ0n) is 11.1. The first-order valence-corrected chi connectivity index (χ1v) is 6.85. The van der Waals surface area contributed by atoms with E-state index in [4.69, 9.17) is 0 Å². The Morgan fingerprint density at radius 3 is 2.20 bits per heavy atom. The highest BCUT2D eigenvalue weighted by atomic mass is 15.0. The van der Waals surface area contributed by atoms with Crippen molar-refractivity contribution in [3.8, 4) is 0 Å². The molecule has 0 aromatic carbocycles. The van der Waals surface area contributed by atoms with Crippen LogP contribution in [0.3, 0.4) is 0 Å². The van der Waals surface area contributed by atoms with Crippen LogP contribution in [0.5, 0.6) is 0 Å². The van der Waals surface area contributed by atoms with Gasteiger partial charge in [0.2, 0.25) is 0 Å². The molecule has 0 saturated carbocycles. The van der Waals surface area contributed by atoms with Gasteiger partial charge in [0.05, 0.1) is 0 Å². The van der Waals surface area contributed by atoms with Gasteiger partial charge in [0.15, 0.2) is 0 Å². The number of unbranched alkanes of at least 4 members (excludes halogenated alkanes) is 1. The highest BCUT2D eigenvalue weighted by Crippen LogP contribution is 2.40. The molecule has 0 aromatic rings. The van der Waals surface area contributed by atoms with Crippen molar-refractivity contribution in [2.75, 3.05) is 13.1 Å². The first-order chi connectivity index (χ1) is 7.14. The molecule has 0 aliphatic carbocycles. The molecule has 1 aliphatic rings. The van der Waals surface area contributed by atoms with E-state index in [1.165, 1.54) is 45.2 Å². The molecule has 0 radical (unpaired) electrons. The Bertz CT molecular complexity index is 170. The van der Waals surface area contributed by atoms with Crippen molar-refractivity contribution in [3.63, 3.8) is 0 Å². The van der Waals surface area contributed by atoms with Crippen LogP contribution in [0.1, 0.15) is 59.8 Å². The van der Waals surface area contributed by atoms with Crippen molar-refractivity contribution in [2.24, 2.45) is 17.3 Å². The molecule has 1 unspecified atom stereocenters. The second kappa shape index (κ2) is 5.89. The zero-order chi connectivity index (χ0) is 11.3. The molecule has 1 N–H and O–H groups in total. The van der Waals surface area contributed by atoms with Gasteiger partial charge in [-0.05, 0) is 23.7 Å². The van der Waals surface area contributed by atoms with Crippen molar-refractivity contribution in [3.05, 3.63) is 0 Å². The van der Waals surface area contributed by atoms with Crippen LogP contribution in [0, 0.1) is 17.3 Å². The summed E-state index contributed by atoms with van der Waals surface area (Å²) in [6.45, 7) is 12.0. The molecule has 15 heavy (non-hydrogen) atoms. The van der Waals surface area contributed by atoms with Gasteiger partial charge in [0.25, 0.3) is 0 Å². The minimum absolute atomic E-state index is 0.633. The van der Waals surface area contributed by atoms with Crippen LogP contribution >= 0.6 is 0 Å². The highest BCUT2D eigenvalue weighted by molar-refractivity contribution is 4.95. The van der Waals surface area contributed by atoms with E-state index in [1.54, 1.807) is 0 Å². The second-order valence-corrected chi connectivity index (χ2v) is 5.74. The number of nitrogens with one attached hydrogen (secondary N) is 1. The smallest absolute Gasteiger partial charge is 0.00228 e. The van der Waals surface area contributed by atoms with Gasteiger partial charge in [-0.15, -0.1) is 0 Å². The molecule has 1 atom stereocenters. The molecule has 1 saturated heterocycles. The normalized spacial score (nSPS) is 21.4. The topological polar surface area (TPSA) is 12.0 Å². The summed E-state index contributed by atoms with van der Waals surface area (Å²) in [4.78, 5) is 0. The summed E-state index contributed by atoms with van der Waals surface area (Å²) >= 11 is 0. The van der Waals surface area contributed by atoms with E-state index in [1.807, 2.05) is 0 Å². The Morgan fingerprint density at radius 2 is 1.87 bits per heavy atom. The van der Waals surface area contributed by atoms with Crippen LogP contribution in [0.15, 0.2) is 0 Å². The third-order valence-electron chi connectivity index (χ3n) is 4.42. The molecule has 1 heteroatoms. The molecular weight excluding hydrogens is 182 g/mol. The van der Waals surface area contributed by atoms with Gasteiger partial charge < -0.3 is 5.32 Å². The summed E-state index contributed by atoms with van der Waals surface area (Å²) in [5, 5.41) is 3.47. The first-order valence-electron chi connectivity index (χ1n) is 6.85. The van der Waals surface area contributed by atoms with Gasteiger partial charge in [0, 0.05) is 13.1 Å². The van der Waals surface area contributed by atoms with Crippen LogP contribution < -0.4 is 5.32 Å². The van der Waals surface area contributed by atoms with E-state index in [9.17, 15) is 0 Å². The fraction of sp³-hybridized carbons (Fsp3) is 1.00. The fourth-order valence-corrected chi connectivity index (χ4v) is 2.75. The van der Waals surface area contributed by atoms with Gasteiger partial charge in [0.1, 0.15) is 0 Å². The SMILES string of the molecule is CCCCC(CC)CC1(C(C)C)CNC1. The summed E-state index contributed by atoms with van der Waals surface area (Å²) in [5.41, 5.74) is 0.633. The summed E-state index contributed by atoms with van der Waals surface area (Å²) in [6, 6.07) is 0. The van der Waals surface area contributed by atoms with Crippen LogP contribution in [-0.4, -0.2) is 13.1 Å². The lowest BCUT2D eigenvalue weighted by Crippen LogP contribution is -2.57. The Morgan fingerprint density at radius 1 is 1.20 bits per heavy atom.